The summed E-state index contributed by atoms with van der Waals surface area (Å²) in [7, 11) is 0. The molecule has 0 aliphatic carbocycles. The minimum atomic E-state index is -0.889. The molecule has 0 radical (unpaired) electrons. The Balaban J connectivity index is 3.83. The number of hydrogen-bond acceptors (Lipinski definition) is 4. The Morgan fingerprint density at radius 1 is 1.06 bits per heavy atom. The molecule has 0 bridgehead atoms. The van der Waals surface area contributed by atoms with Crippen LogP contribution in [0, 0.1) is 0 Å². The summed E-state index contributed by atoms with van der Waals surface area (Å²) in [6.45, 7) is 0. The van der Waals surface area contributed by atoms with Crippen LogP contribution < -0.4 is 0 Å². The van der Waals surface area contributed by atoms with Crippen LogP contribution in [0.4, 0.5) is 0 Å². The van der Waals surface area contributed by atoms with Crippen molar-refractivity contribution in [3.8, 4) is 0 Å². The Morgan fingerprint density at radius 3 is 1.81 bits per heavy atom. The molecule has 0 rings (SSSR count). The summed E-state index contributed by atoms with van der Waals surface area (Å²) in [6.07, 6.45) is 3.29. The molecule has 0 aliphatic heterocycles. The number of carbonyl (C=O) groups excluding carboxylic acids is 1. The third kappa shape index (κ3) is 8.90. The monoisotopic (exact) mass is 229 g/mol. The predicted octanol–water partition coefficient (Wildman–Crippen LogP) is 1.20. The van der Waals surface area contributed by atoms with Crippen molar-refractivity contribution in [1.82, 2.24) is 0 Å². The topological polar surface area (TPSA) is 104 Å². The van der Waals surface area contributed by atoms with Gasteiger partial charge in [-0.05, 0) is 25.7 Å². The molecule has 0 heterocycles. The highest BCUT2D eigenvalue weighted by Gasteiger charge is 2.09. The van der Waals surface area contributed by atoms with Crippen LogP contribution in [0.5, 0.6) is 0 Å². The zero-order valence-corrected chi connectivity index (χ0v) is 8.89. The third-order valence-corrected chi connectivity index (χ3v) is 2.09. The minimum absolute atomic E-state index is 0.0316. The van der Waals surface area contributed by atoms with Crippen molar-refractivity contribution in [3.05, 3.63) is 0 Å². The van der Waals surface area contributed by atoms with Gasteiger partial charge in [-0.1, -0.05) is 0 Å². The summed E-state index contributed by atoms with van der Waals surface area (Å²) >= 11 is 0. The van der Waals surface area contributed by atoms with Gasteiger partial charge >= 0.3 is 11.9 Å². The Bertz CT molecular complexity index is 263. The number of rotatable bonds is 9. The molecule has 0 saturated carbocycles. The molecule has 0 aromatic carbocycles. The summed E-state index contributed by atoms with van der Waals surface area (Å²) in [6, 6.07) is -0.309. The number of nitrogens with zero attached hydrogens (tertiary/aromatic N) is 1. The van der Waals surface area contributed by atoms with Crippen LogP contribution >= 0.6 is 0 Å². The van der Waals surface area contributed by atoms with Gasteiger partial charge in [-0.3, -0.25) is 9.59 Å². The van der Waals surface area contributed by atoms with E-state index in [2.05, 4.69) is 4.99 Å². The summed E-state index contributed by atoms with van der Waals surface area (Å²) in [4.78, 5) is 34.1. The van der Waals surface area contributed by atoms with Gasteiger partial charge in [0, 0.05) is 12.8 Å². The van der Waals surface area contributed by atoms with Crippen LogP contribution in [0.25, 0.3) is 0 Å². The molecule has 0 aromatic rings. The molecule has 6 nitrogen and oxygen atoms in total. The molecular weight excluding hydrogens is 214 g/mol. The number of aliphatic imine (C=N–C) groups is 1. The van der Waals surface area contributed by atoms with Gasteiger partial charge in [-0.15, -0.1) is 0 Å². The van der Waals surface area contributed by atoms with Gasteiger partial charge in [-0.25, -0.2) is 9.79 Å². The van der Waals surface area contributed by atoms with E-state index in [-0.39, 0.29) is 18.9 Å². The lowest BCUT2D eigenvalue weighted by Crippen LogP contribution is -2.07. The molecular formula is C10H15NO5. The van der Waals surface area contributed by atoms with E-state index < -0.39 is 11.9 Å². The summed E-state index contributed by atoms with van der Waals surface area (Å²) in [5, 5.41) is 16.8. The Labute approximate surface area is 93.0 Å². The number of isocyanates is 1. The van der Waals surface area contributed by atoms with Crippen LogP contribution in [0.3, 0.4) is 0 Å². The van der Waals surface area contributed by atoms with E-state index in [9.17, 15) is 14.4 Å². The molecule has 0 aromatic heterocycles. The fraction of sp³-hybridized carbons (Fsp3) is 0.700. The number of hydrogen-bond donors (Lipinski definition) is 2. The third-order valence-electron chi connectivity index (χ3n) is 2.09. The van der Waals surface area contributed by atoms with Crippen molar-refractivity contribution in [2.45, 2.75) is 44.6 Å². The number of carbonyl (C=O) groups is 2. The zero-order valence-electron chi connectivity index (χ0n) is 8.89. The van der Waals surface area contributed by atoms with E-state index in [0.29, 0.717) is 25.7 Å². The van der Waals surface area contributed by atoms with Gasteiger partial charge in [0.1, 0.15) is 0 Å². The second kappa shape index (κ2) is 8.61. The van der Waals surface area contributed by atoms with Crippen LogP contribution in [0.2, 0.25) is 0 Å². The zero-order chi connectivity index (χ0) is 12.4. The first-order valence-electron chi connectivity index (χ1n) is 5.06. The number of carboxylic acid groups (broad SMARTS) is 2. The maximum absolute atomic E-state index is 10.3. The molecule has 0 saturated heterocycles. The van der Waals surface area contributed by atoms with Crippen molar-refractivity contribution in [3.63, 3.8) is 0 Å². The van der Waals surface area contributed by atoms with Gasteiger partial charge in [0.15, 0.2) is 0 Å². The van der Waals surface area contributed by atoms with E-state index in [4.69, 9.17) is 10.2 Å². The second-order valence-corrected chi connectivity index (χ2v) is 3.45. The lowest BCUT2D eigenvalue weighted by atomic mass is 10.0. The summed E-state index contributed by atoms with van der Waals surface area (Å²) in [5.41, 5.74) is 0. The highest BCUT2D eigenvalue weighted by atomic mass is 16.4. The first kappa shape index (κ1) is 14.3. The quantitative estimate of drug-likeness (QED) is 0.456. The van der Waals surface area contributed by atoms with Gasteiger partial charge in [0.2, 0.25) is 6.08 Å². The van der Waals surface area contributed by atoms with Crippen LogP contribution in [-0.4, -0.2) is 34.3 Å². The van der Waals surface area contributed by atoms with Crippen molar-refractivity contribution >= 4 is 18.0 Å². The van der Waals surface area contributed by atoms with Crippen molar-refractivity contribution < 1.29 is 24.6 Å². The number of aliphatic carboxylic acids is 2. The standard InChI is InChI=1S/C10H15NO5/c12-7-11-8(3-1-5-9(13)14)4-2-6-10(15)16/h8H,1-6H2,(H,13,14)(H,15,16). The number of carboxylic acids is 2. The van der Waals surface area contributed by atoms with E-state index in [0.717, 1.165) is 0 Å². The first-order valence-corrected chi connectivity index (χ1v) is 5.06. The van der Waals surface area contributed by atoms with E-state index in [1.165, 1.54) is 6.08 Å². The second-order valence-electron chi connectivity index (χ2n) is 3.45. The average molecular weight is 229 g/mol. The minimum Gasteiger partial charge on any atom is -0.481 e. The fourth-order valence-corrected chi connectivity index (χ4v) is 1.33. The molecule has 16 heavy (non-hydrogen) atoms. The Morgan fingerprint density at radius 2 is 1.50 bits per heavy atom. The molecule has 6 heteroatoms. The van der Waals surface area contributed by atoms with Crippen LogP contribution in [-0.2, 0) is 14.4 Å². The van der Waals surface area contributed by atoms with E-state index >= 15 is 0 Å². The first-order chi connectivity index (χ1) is 7.56. The SMILES string of the molecule is O=C=NC(CCCC(=O)O)CCCC(=O)O. The summed E-state index contributed by atoms with van der Waals surface area (Å²) < 4.78 is 0. The molecule has 90 valence electrons. The largest absolute Gasteiger partial charge is 0.481 e. The maximum Gasteiger partial charge on any atom is 0.303 e. The lowest BCUT2D eigenvalue weighted by Gasteiger charge is -2.08. The van der Waals surface area contributed by atoms with Crippen LogP contribution in [0.15, 0.2) is 4.99 Å². The predicted molar refractivity (Wildman–Crippen MR) is 54.9 cm³/mol. The highest BCUT2D eigenvalue weighted by molar-refractivity contribution is 5.66. The normalized spacial score (nSPS) is 9.81. The lowest BCUT2D eigenvalue weighted by molar-refractivity contribution is -0.138. The molecule has 0 unspecified atom stereocenters. The van der Waals surface area contributed by atoms with Crippen LogP contribution in [0.1, 0.15) is 38.5 Å². The highest BCUT2D eigenvalue weighted by Crippen LogP contribution is 2.12. The van der Waals surface area contributed by atoms with E-state index in [1.54, 1.807) is 0 Å². The fourth-order valence-electron chi connectivity index (χ4n) is 1.33. The smallest absolute Gasteiger partial charge is 0.303 e. The van der Waals surface area contributed by atoms with E-state index in [1.807, 2.05) is 0 Å². The Hall–Kier alpha value is -1.68. The summed E-state index contributed by atoms with van der Waals surface area (Å²) in [5.74, 6) is -1.78. The molecule has 0 spiro atoms. The maximum atomic E-state index is 10.3. The molecule has 0 fully saturated rings. The molecule has 0 amide bonds. The van der Waals surface area contributed by atoms with Gasteiger partial charge in [0.25, 0.3) is 0 Å². The molecule has 0 aliphatic rings. The van der Waals surface area contributed by atoms with Gasteiger partial charge in [-0.2, -0.15) is 0 Å². The van der Waals surface area contributed by atoms with Gasteiger partial charge in [0.05, 0.1) is 6.04 Å². The molecule has 2 N–H and O–H groups in total. The molecule has 0 atom stereocenters. The van der Waals surface area contributed by atoms with Crippen molar-refractivity contribution in [1.29, 1.82) is 0 Å². The van der Waals surface area contributed by atoms with Crippen molar-refractivity contribution in [2.24, 2.45) is 4.99 Å². The van der Waals surface area contributed by atoms with Crippen molar-refractivity contribution in [2.75, 3.05) is 0 Å². The van der Waals surface area contributed by atoms with Gasteiger partial charge < -0.3 is 10.2 Å². The average Bonchev–Trinajstić information content (AvgIpc) is 2.16. The Kier molecular flexibility index (Phi) is 7.71.